The van der Waals surface area contributed by atoms with E-state index < -0.39 is 0 Å². The fourth-order valence-electron chi connectivity index (χ4n) is 3.00. The highest BCUT2D eigenvalue weighted by Crippen LogP contribution is 2.37. The summed E-state index contributed by atoms with van der Waals surface area (Å²) < 4.78 is 0. The molecule has 0 bridgehead atoms. The van der Waals surface area contributed by atoms with E-state index >= 15 is 0 Å². The summed E-state index contributed by atoms with van der Waals surface area (Å²) in [7, 11) is 0. The molecular formula is C15H21NS. The summed E-state index contributed by atoms with van der Waals surface area (Å²) in [6, 6.07) is 7.15. The van der Waals surface area contributed by atoms with E-state index in [0.717, 1.165) is 11.2 Å². The van der Waals surface area contributed by atoms with Crippen LogP contribution < -0.4 is 5.32 Å². The van der Waals surface area contributed by atoms with E-state index in [2.05, 4.69) is 42.2 Å². The fourth-order valence-corrected chi connectivity index (χ4v) is 4.22. The Bertz CT molecular complexity index is 396. The number of piperidine rings is 1. The molecule has 17 heavy (non-hydrogen) atoms. The van der Waals surface area contributed by atoms with Crippen LogP contribution in [0.1, 0.15) is 30.9 Å². The van der Waals surface area contributed by atoms with Crippen molar-refractivity contribution in [2.75, 3.05) is 13.1 Å². The Balaban J connectivity index is 1.69. The Morgan fingerprint density at radius 3 is 3.18 bits per heavy atom. The topological polar surface area (TPSA) is 12.0 Å². The van der Waals surface area contributed by atoms with Crippen molar-refractivity contribution in [3.8, 4) is 0 Å². The van der Waals surface area contributed by atoms with Crippen molar-refractivity contribution in [1.29, 1.82) is 0 Å². The number of hydrogen-bond donors (Lipinski definition) is 1. The molecule has 2 heteroatoms. The monoisotopic (exact) mass is 247 g/mol. The molecule has 0 aliphatic carbocycles. The van der Waals surface area contributed by atoms with Crippen LogP contribution in [0.5, 0.6) is 0 Å². The molecule has 0 radical (unpaired) electrons. The number of rotatable bonds is 2. The number of nitrogens with one attached hydrogen (secondary N) is 1. The quantitative estimate of drug-likeness (QED) is 0.861. The second-order valence-electron chi connectivity index (χ2n) is 5.49. The predicted octanol–water partition coefficient (Wildman–Crippen LogP) is 3.27. The molecule has 1 nitrogen and oxygen atoms in total. The van der Waals surface area contributed by atoms with Crippen molar-refractivity contribution in [1.82, 2.24) is 5.32 Å². The van der Waals surface area contributed by atoms with Gasteiger partial charge in [-0.1, -0.05) is 19.1 Å². The van der Waals surface area contributed by atoms with Crippen LogP contribution in [0.3, 0.4) is 0 Å². The first-order valence-corrected chi connectivity index (χ1v) is 7.68. The molecule has 1 aromatic carbocycles. The van der Waals surface area contributed by atoms with Crippen LogP contribution >= 0.6 is 11.8 Å². The van der Waals surface area contributed by atoms with Gasteiger partial charge in [0.15, 0.2) is 0 Å². The first-order chi connectivity index (χ1) is 8.31. The highest BCUT2D eigenvalue weighted by Gasteiger charge is 2.19. The summed E-state index contributed by atoms with van der Waals surface area (Å²) in [5.41, 5.74) is 3.10. The molecule has 1 fully saturated rings. The Morgan fingerprint density at radius 1 is 1.41 bits per heavy atom. The summed E-state index contributed by atoms with van der Waals surface area (Å²) in [5, 5.41) is 4.28. The summed E-state index contributed by atoms with van der Waals surface area (Å²) in [6.45, 7) is 4.75. The predicted molar refractivity (Wildman–Crippen MR) is 74.8 cm³/mol. The third-order valence-corrected chi connectivity index (χ3v) is 5.09. The first kappa shape index (κ1) is 11.6. The standard InChI is InChI=1S/C15H21NS/c1-11-7-14-5-4-12(9-15(14)17-11)8-13-3-2-6-16-10-13/h4-5,9,11,13,16H,2-3,6-8,10H2,1H3. The summed E-state index contributed by atoms with van der Waals surface area (Å²) >= 11 is 2.05. The van der Waals surface area contributed by atoms with Crippen molar-refractivity contribution < 1.29 is 0 Å². The Hall–Kier alpha value is -0.470. The molecule has 0 saturated carbocycles. The first-order valence-electron chi connectivity index (χ1n) is 6.80. The normalized spacial score (nSPS) is 28.1. The van der Waals surface area contributed by atoms with E-state index in [1.165, 1.54) is 38.8 Å². The number of hydrogen-bond acceptors (Lipinski definition) is 2. The smallest absolute Gasteiger partial charge is 0.0110 e. The average Bonchev–Trinajstić information content (AvgIpc) is 2.70. The zero-order valence-electron chi connectivity index (χ0n) is 10.5. The molecule has 1 aromatic rings. The number of fused-ring (bicyclic) bond motifs is 1. The van der Waals surface area contributed by atoms with E-state index in [9.17, 15) is 0 Å². The lowest BCUT2D eigenvalue weighted by Crippen LogP contribution is -2.30. The molecule has 92 valence electrons. The van der Waals surface area contributed by atoms with Gasteiger partial charge in [-0.2, -0.15) is 0 Å². The SMILES string of the molecule is CC1Cc2ccc(CC3CCCNC3)cc2S1. The molecule has 2 atom stereocenters. The van der Waals surface area contributed by atoms with Crippen molar-refractivity contribution >= 4 is 11.8 Å². The molecule has 0 amide bonds. The van der Waals surface area contributed by atoms with Crippen molar-refractivity contribution in [3.05, 3.63) is 29.3 Å². The molecule has 1 saturated heterocycles. The molecule has 2 unspecified atom stereocenters. The molecule has 3 rings (SSSR count). The lowest BCUT2D eigenvalue weighted by Gasteiger charge is -2.22. The lowest BCUT2D eigenvalue weighted by atomic mass is 9.92. The molecule has 2 heterocycles. The van der Waals surface area contributed by atoms with Gasteiger partial charge in [0, 0.05) is 10.1 Å². The zero-order valence-corrected chi connectivity index (χ0v) is 11.4. The Morgan fingerprint density at radius 2 is 2.35 bits per heavy atom. The van der Waals surface area contributed by atoms with Crippen molar-refractivity contribution in [2.24, 2.45) is 5.92 Å². The third kappa shape index (κ3) is 2.69. The van der Waals surface area contributed by atoms with Gasteiger partial charge in [-0.3, -0.25) is 0 Å². The highest BCUT2D eigenvalue weighted by molar-refractivity contribution is 8.00. The maximum atomic E-state index is 3.51. The molecule has 0 aromatic heterocycles. The van der Waals surface area contributed by atoms with Crippen molar-refractivity contribution in [2.45, 2.75) is 42.8 Å². The van der Waals surface area contributed by atoms with E-state index in [-0.39, 0.29) is 0 Å². The van der Waals surface area contributed by atoms with Gasteiger partial charge in [0.1, 0.15) is 0 Å². The van der Waals surface area contributed by atoms with Gasteiger partial charge in [-0.25, -0.2) is 0 Å². The van der Waals surface area contributed by atoms with E-state index in [4.69, 9.17) is 0 Å². The summed E-state index contributed by atoms with van der Waals surface area (Å²) in [6.07, 6.45) is 5.26. The molecule has 2 aliphatic rings. The van der Waals surface area contributed by atoms with Crippen LogP contribution in [-0.4, -0.2) is 18.3 Å². The van der Waals surface area contributed by atoms with Gasteiger partial charge in [-0.15, -0.1) is 11.8 Å². The minimum absolute atomic E-state index is 0.775. The van der Waals surface area contributed by atoms with Crippen LogP contribution in [0, 0.1) is 5.92 Å². The minimum Gasteiger partial charge on any atom is -0.316 e. The average molecular weight is 247 g/mol. The number of benzene rings is 1. The maximum Gasteiger partial charge on any atom is 0.0110 e. The highest BCUT2D eigenvalue weighted by atomic mass is 32.2. The van der Waals surface area contributed by atoms with Gasteiger partial charge in [0.2, 0.25) is 0 Å². The van der Waals surface area contributed by atoms with Crippen LogP contribution in [0.4, 0.5) is 0 Å². The molecular weight excluding hydrogens is 226 g/mol. The Kier molecular flexibility index (Phi) is 3.44. The second kappa shape index (κ2) is 5.03. The molecule has 0 spiro atoms. The van der Waals surface area contributed by atoms with E-state index in [0.29, 0.717) is 0 Å². The second-order valence-corrected chi connectivity index (χ2v) is 6.97. The van der Waals surface area contributed by atoms with Gasteiger partial charge in [-0.05, 0) is 61.9 Å². The largest absolute Gasteiger partial charge is 0.316 e. The molecule has 2 aliphatic heterocycles. The zero-order chi connectivity index (χ0) is 11.7. The van der Waals surface area contributed by atoms with Gasteiger partial charge in [0.05, 0.1) is 0 Å². The van der Waals surface area contributed by atoms with Gasteiger partial charge >= 0.3 is 0 Å². The molecule has 1 N–H and O–H groups in total. The van der Waals surface area contributed by atoms with E-state index in [1.807, 2.05) is 0 Å². The van der Waals surface area contributed by atoms with E-state index in [1.54, 1.807) is 16.0 Å². The van der Waals surface area contributed by atoms with Crippen LogP contribution in [-0.2, 0) is 12.8 Å². The number of thioether (sulfide) groups is 1. The van der Waals surface area contributed by atoms with Crippen LogP contribution in [0.2, 0.25) is 0 Å². The maximum absolute atomic E-state index is 3.51. The lowest BCUT2D eigenvalue weighted by molar-refractivity contribution is 0.376. The van der Waals surface area contributed by atoms with Gasteiger partial charge in [0.25, 0.3) is 0 Å². The Labute approximate surface area is 108 Å². The third-order valence-electron chi connectivity index (χ3n) is 3.89. The summed E-state index contributed by atoms with van der Waals surface area (Å²) in [4.78, 5) is 1.54. The van der Waals surface area contributed by atoms with Gasteiger partial charge < -0.3 is 5.32 Å². The fraction of sp³-hybridized carbons (Fsp3) is 0.600. The minimum atomic E-state index is 0.775. The summed E-state index contributed by atoms with van der Waals surface area (Å²) in [5.74, 6) is 0.852. The van der Waals surface area contributed by atoms with Crippen LogP contribution in [0.15, 0.2) is 23.1 Å². The van der Waals surface area contributed by atoms with Crippen LogP contribution in [0.25, 0.3) is 0 Å². The van der Waals surface area contributed by atoms with Crippen molar-refractivity contribution in [3.63, 3.8) is 0 Å².